The molecule has 92 valence electrons. The Morgan fingerprint density at radius 2 is 1.81 bits per heavy atom. The lowest BCUT2D eigenvalue weighted by Gasteiger charge is -2.50. The van der Waals surface area contributed by atoms with Crippen LogP contribution in [0.2, 0.25) is 19.6 Å². The van der Waals surface area contributed by atoms with E-state index in [0.717, 1.165) is 0 Å². The van der Waals surface area contributed by atoms with Crippen molar-refractivity contribution in [2.75, 3.05) is 0 Å². The molecule has 2 saturated carbocycles. The van der Waals surface area contributed by atoms with E-state index in [2.05, 4.69) is 19.6 Å². The van der Waals surface area contributed by atoms with E-state index in [9.17, 15) is 0 Å². The van der Waals surface area contributed by atoms with Gasteiger partial charge in [0.25, 0.3) is 0 Å². The van der Waals surface area contributed by atoms with Gasteiger partial charge in [0.15, 0.2) is 8.32 Å². The second kappa shape index (κ2) is 3.33. The first-order valence-electron chi connectivity index (χ1n) is 6.86. The Morgan fingerprint density at radius 3 is 2.31 bits per heavy atom. The molecule has 0 aromatic heterocycles. The highest BCUT2D eigenvalue weighted by Crippen LogP contribution is 2.62. The van der Waals surface area contributed by atoms with Gasteiger partial charge in [0, 0.05) is 0 Å². The predicted molar refractivity (Wildman–Crippen MR) is 67.1 cm³/mol. The second-order valence-electron chi connectivity index (χ2n) is 6.80. The highest BCUT2D eigenvalue weighted by atomic mass is 28.4. The molecule has 0 unspecified atom stereocenters. The monoisotopic (exact) mass is 240 g/mol. The minimum atomic E-state index is -1.45. The number of rotatable bonds is 3. The molecule has 3 fully saturated rings. The van der Waals surface area contributed by atoms with Crippen molar-refractivity contribution in [3.63, 3.8) is 0 Å². The van der Waals surface area contributed by atoms with Crippen molar-refractivity contribution in [1.29, 1.82) is 0 Å². The quantitative estimate of drug-likeness (QED) is 0.556. The van der Waals surface area contributed by atoms with E-state index in [1.54, 1.807) is 0 Å². The first-order chi connectivity index (χ1) is 7.48. The lowest BCUT2D eigenvalue weighted by Crippen LogP contribution is -2.59. The number of epoxide rings is 1. The maximum Gasteiger partial charge on any atom is 0.184 e. The zero-order valence-electron chi connectivity index (χ0n) is 10.8. The Kier molecular flexibility index (Phi) is 2.34. The van der Waals surface area contributed by atoms with Gasteiger partial charge in [-0.05, 0) is 51.7 Å². The summed E-state index contributed by atoms with van der Waals surface area (Å²) < 4.78 is 12.7. The van der Waals surface area contributed by atoms with Crippen molar-refractivity contribution in [2.24, 2.45) is 0 Å². The smallest absolute Gasteiger partial charge is 0.184 e. The third-order valence-electron chi connectivity index (χ3n) is 4.51. The van der Waals surface area contributed by atoms with Crippen LogP contribution in [0.1, 0.15) is 44.9 Å². The molecule has 3 aliphatic rings. The molecule has 1 heterocycles. The molecule has 1 aliphatic heterocycles. The van der Waals surface area contributed by atoms with Gasteiger partial charge in [0.05, 0.1) is 11.7 Å². The standard InChI is InChI=1S/C13H24O2Si/c1-16(2,3)15-12(8-6-9-12)13-10-5-4-7-11(13)14-13/h11H,4-10H2,1-3H3/t11-,13+/m1/s1. The summed E-state index contributed by atoms with van der Waals surface area (Å²) >= 11 is 0. The SMILES string of the molecule is C[Si](C)(C)OC1([C@]23CCCC[C@H]2O3)CCC1. The summed E-state index contributed by atoms with van der Waals surface area (Å²) in [6.07, 6.45) is 9.59. The van der Waals surface area contributed by atoms with E-state index in [1.807, 2.05) is 0 Å². The molecule has 0 spiro atoms. The fourth-order valence-electron chi connectivity index (χ4n) is 3.77. The van der Waals surface area contributed by atoms with Gasteiger partial charge in [-0.15, -0.1) is 0 Å². The zero-order valence-corrected chi connectivity index (χ0v) is 11.8. The molecule has 0 N–H and O–H groups in total. The number of ether oxygens (including phenoxy) is 1. The predicted octanol–water partition coefficient (Wildman–Crippen LogP) is 3.47. The van der Waals surface area contributed by atoms with Crippen LogP contribution in [0.5, 0.6) is 0 Å². The van der Waals surface area contributed by atoms with Crippen molar-refractivity contribution in [2.45, 2.75) is 81.9 Å². The van der Waals surface area contributed by atoms with E-state index in [-0.39, 0.29) is 11.2 Å². The minimum absolute atomic E-state index is 0.128. The maximum atomic E-state index is 6.56. The van der Waals surface area contributed by atoms with E-state index in [1.165, 1.54) is 44.9 Å². The van der Waals surface area contributed by atoms with Crippen molar-refractivity contribution in [3.8, 4) is 0 Å². The van der Waals surface area contributed by atoms with Crippen LogP contribution in [0.3, 0.4) is 0 Å². The highest BCUT2D eigenvalue weighted by molar-refractivity contribution is 6.69. The van der Waals surface area contributed by atoms with Crippen molar-refractivity contribution >= 4 is 8.32 Å². The van der Waals surface area contributed by atoms with Gasteiger partial charge in [0.2, 0.25) is 0 Å². The molecule has 3 rings (SSSR count). The molecule has 3 heteroatoms. The summed E-state index contributed by atoms with van der Waals surface area (Å²) in [5, 5.41) is 0. The molecular formula is C13H24O2Si. The summed E-state index contributed by atoms with van der Waals surface area (Å²) in [5.41, 5.74) is 0.284. The lowest BCUT2D eigenvalue weighted by molar-refractivity contribution is -0.0861. The lowest BCUT2D eigenvalue weighted by atomic mass is 9.66. The van der Waals surface area contributed by atoms with Gasteiger partial charge in [-0.1, -0.05) is 12.8 Å². The molecule has 2 aliphatic carbocycles. The highest BCUT2D eigenvalue weighted by Gasteiger charge is 2.71. The fourth-order valence-corrected chi connectivity index (χ4v) is 5.32. The Hall–Kier alpha value is 0.137. The van der Waals surface area contributed by atoms with Crippen LogP contribution < -0.4 is 0 Å². The van der Waals surface area contributed by atoms with Crippen LogP contribution in [0, 0.1) is 0 Å². The summed E-state index contributed by atoms with van der Waals surface area (Å²) in [5.74, 6) is 0. The number of fused-ring (bicyclic) bond motifs is 1. The van der Waals surface area contributed by atoms with Crippen LogP contribution in [0.4, 0.5) is 0 Å². The van der Waals surface area contributed by atoms with Crippen LogP contribution >= 0.6 is 0 Å². The maximum absolute atomic E-state index is 6.56. The first-order valence-corrected chi connectivity index (χ1v) is 10.3. The van der Waals surface area contributed by atoms with Gasteiger partial charge in [-0.25, -0.2) is 0 Å². The molecule has 0 radical (unpaired) electrons. The fraction of sp³-hybridized carbons (Fsp3) is 1.00. The van der Waals surface area contributed by atoms with Crippen molar-refractivity contribution < 1.29 is 9.16 Å². The summed E-state index contributed by atoms with van der Waals surface area (Å²) in [4.78, 5) is 0. The van der Waals surface area contributed by atoms with Gasteiger partial charge in [-0.2, -0.15) is 0 Å². The Bertz CT molecular complexity index is 293. The van der Waals surface area contributed by atoms with E-state index in [0.29, 0.717) is 6.10 Å². The third-order valence-corrected chi connectivity index (χ3v) is 5.52. The molecule has 0 aromatic carbocycles. The molecule has 1 saturated heterocycles. The van der Waals surface area contributed by atoms with Gasteiger partial charge < -0.3 is 9.16 Å². The van der Waals surface area contributed by atoms with Crippen molar-refractivity contribution in [1.82, 2.24) is 0 Å². The normalized spacial score (nSPS) is 41.1. The van der Waals surface area contributed by atoms with Crippen LogP contribution in [-0.4, -0.2) is 25.6 Å². The van der Waals surface area contributed by atoms with Crippen molar-refractivity contribution in [3.05, 3.63) is 0 Å². The summed E-state index contributed by atoms with van der Waals surface area (Å²) in [6.45, 7) is 6.93. The molecule has 0 aromatic rings. The Morgan fingerprint density at radius 1 is 1.06 bits per heavy atom. The molecule has 16 heavy (non-hydrogen) atoms. The molecule has 2 atom stereocenters. The Labute approximate surface area is 99.8 Å². The summed E-state index contributed by atoms with van der Waals surface area (Å²) in [6, 6.07) is 0. The van der Waals surface area contributed by atoms with Crippen LogP contribution in [-0.2, 0) is 9.16 Å². The number of hydrogen-bond donors (Lipinski definition) is 0. The van der Waals surface area contributed by atoms with E-state index < -0.39 is 8.32 Å². The minimum Gasteiger partial charge on any atom is -0.409 e. The first kappa shape index (κ1) is 11.2. The molecular weight excluding hydrogens is 216 g/mol. The summed E-state index contributed by atoms with van der Waals surface area (Å²) in [7, 11) is -1.45. The van der Waals surface area contributed by atoms with Gasteiger partial charge in [-0.3, -0.25) is 0 Å². The largest absolute Gasteiger partial charge is 0.409 e. The molecule has 2 nitrogen and oxygen atoms in total. The zero-order chi connectivity index (χ0) is 11.4. The Balaban J connectivity index is 1.80. The average molecular weight is 240 g/mol. The number of hydrogen-bond acceptors (Lipinski definition) is 2. The van der Waals surface area contributed by atoms with Crippen LogP contribution in [0.15, 0.2) is 0 Å². The van der Waals surface area contributed by atoms with E-state index >= 15 is 0 Å². The molecule has 0 bridgehead atoms. The van der Waals surface area contributed by atoms with Gasteiger partial charge in [0.1, 0.15) is 5.60 Å². The topological polar surface area (TPSA) is 21.8 Å². The van der Waals surface area contributed by atoms with Gasteiger partial charge >= 0.3 is 0 Å². The third kappa shape index (κ3) is 1.51. The van der Waals surface area contributed by atoms with E-state index in [4.69, 9.17) is 9.16 Å². The van der Waals surface area contributed by atoms with Crippen LogP contribution in [0.25, 0.3) is 0 Å². The average Bonchev–Trinajstić information content (AvgIpc) is 2.85. The second-order valence-corrected chi connectivity index (χ2v) is 11.2. The molecule has 0 amide bonds.